The SMILES string of the molecule is COc1cc(/C=C2/SC(=S)NC2=O)cc(Cl)c1OCCOc1ccc(Cl)c(C)c1. The lowest BCUT2D eigenvalue weighted by Gasteiger charge is -2.14. The van der Waals surface area contributed by atoms with E-state index in [9.17, 15) is 4.79 Å². The second kappa shape index (κ2) is 9.71. The number of rotatable bonds is 7. The number of hydrogen-bond acceptors (Lipinski definition) is 6. The van der Waals surface area contributed by atoms with Crippen LogP contribution >= 0.6 is 47.2 Å². The third-order valence-electron chi connectivity index (χ3n) is 3.92. The van der Waals surface area contributed by atoms with Gasteiger partial charge >= 0.3 is 0 Å². The number of aryl methyl sites for hydroxylation is 1. The highest BCUT2D eigenvalue weighted by Crippen LogP contribution is 2.38. The average molecular weight is 470 g/mol. The van der Waals surface area contributed by atoms with Crippen LogP contribution in [0.2, 0.25) is 10.0 Å². The summed E-state index contributed by atoms with van der Waals surface area (Å²) in [6.45, 7) is 2.50. The lowest BCUT2D eigenvalue weighted by molar-refractivity contribution is -0.115. The standard InChI is InChI=1S/C20H17Cl2NO4S2/c1-11-7-13(3-4-14(11)21)26-5-6-27-18-15(22)8-12(9-16(18)25-2)10-17-19(24)23-20(28)29-17/h3-4,7-10H,5-6H2,1-2H3,(H,23,24,28)/b17-10+. The van der Waals surface area contributed by atoms with E-state index in [-0.39, 0.29) is 12.5 Å². The van der Waals surface area contributed by atoms with Crippen molar-refractivity contribution in [1.82, 2.24) is 5.32 Å². The fourth-order valence-corrected chi connectivity index (χ4v) is 3.98. The van der Waals surface area contributed by atoms with Crippen molar-refractivity contribution in [2.75, 3.05) is 20.3 Å². The summed E-state index contributed by atoms with van der Waals surface area (Å²) in [6.07, 6.45) is 1.70. The minimum atomic E-state index is -0.231. The van der Waals surface area contributed by atoms with E-state index in [0.29, 0.717) is 48.7 Å². The minimum Gasteiger partial charge on any atom is -0.493 e. The van der Waals surface area contributed by atoms with Crippen LogP contribution in [-0.4, -0.2) is 30.6 Å². The molecule has 1 N–H and O–H groups in total. The van der Waals surface area contributed by atoms with Gasteiger partial charge < -0.3 is 19.5 Å². The summed E-state index contributed by atoms with van der Waals surface area (Å²) in [4.78, 5) is 12.3. The second-order valence-electron chi connectivity index (χ2n) is 5.99. The first-order valence-corrected chi connectivity index (χ1v) is 10.5. The fourth-order valence-electron chi connectivity index (χ4n) is 2.55. The van der Waals surface area contributed by atoms with Gasteiger partial charge in [-0.3, -0.25) is 4.79 Å². The first-order valence-electron chi connectivity index (χ1n) is 8.51. The summed E-state index contributed by atoms with van der Waals surface area (Å²) in [7, 11) is 1.52. The number of carbonyl (C=O) groups is 1. The van der Waals surface area contributed by atoms with Crippen LogP contribution in [0.1, 0.15) is 11.1 Å². The number of halogens is 2. The van der Waals surface area contributed by atoms with Crippen LogP contribution in [0.3, 0.4) is 0 Å². The van der Waals surface area contributed by atoms with Crippen molar-refractivity contribution in [3.05, 3.63) is 56.4 Å². The highest BCUT2D eigenvalue weighted by molar-refractivity contribution is 8.26. The highest BCUT2D eigenvalue weighted by atomic mass is 35.5. The van der Waals surface area contributed by atoms with E-state index in [2.05, 4.69) is 5.32 Å². The van der Waals surface area contributed by atoms with E-state index in [1.807, 2.05) is 13.0 Å². The number of methoxy groups -OCH3 is 1. The molecule has 0 unspecified atom stereocenters. The number of carbonyl (C=O) groups excluding carboxylic acids is 1. The van der Waals surface area contributed by atoms with Crippen molar-refractivity contribution in [2.24, 2.45) is 0 Å². The molecule has 1 aliphatic heterocycles. The molecule has 152 valence electrons. The van der Waals surface area contributed by atoms with Gasteiger partial charge in [-0.25, -0.2) is 0 Å². The molecule has 1 amide bonds. The summed E-state index contributed by atoms with van der Waals surface area (Å²) < 4.78 is 17.3. The van der Waals surface area contributed by atoms with Crippen LogP contribution in [0, 0.1) is 6.92 Å². The minimum absolute atomic E-state index is 0.231. The maximum Gasteiger partial charge on any atom is 0.263 e. The summed E-state index contributed by atoms with van der Waals surface area (Å²) in [5.74, 6) is 1.34. The maximum atomic E-state index is 11.8. The van der Waals surface area contributed by atoms with Gasteiger partial charge in [-0.05, 0) is 54.5 Å². The van der Waals surface area contributed by atoms with Gasteiger partial charge in [0.15, 0.2) is 11.5 Å². The molecule has 9 heteroatoms. The molecular weight excluding hydrogens is 453 g/mol. The van der Waals surface area contributed by atoms with Gasteiger partial charge in [-0.1, -0.05) is 47.2 Å². The van der Waals surface area contributed by atoms with Crippen LogP contribution in [-0.2, 0) is 4.79 Å². The van der Waals surface area contributed by atoms with Crippen LogP contribution < -0.4 is 19.5 Å². The zero-order valence-electron chi connectivity index (χ0n) is 15.6. The topological polar surface area (TPSA) is 56.8 Å². The number of hydrogen-bond donors (Lipinski definition) is 1. The predicted molar refractivity (Wildman–Crippen MR) is 121 cm³/mol. The Kier molecular flexibility index (Phi) is 7.29. The van der Waals surface area contributed by atoms with Crippen molar-refractivity contribution in [3.63, 3.8) is 0 Å². The molecule has 0 aliphatic carbocycles. The number of ether oxygens (including phenoxy) is 3. The van der Waals surface area contributed by atoms with E-state index in [1.165, 1.54) is 18.9 Å². The zero-order chi connectivity index (χ0) is 21.0. The number of benzene rings is 2. The molecule has 1 aliphatic rings. The molecule has 0 atom stereocenters. The Bertz CT molecular complexity index is 995. The monoisotopic (exact) mass is 469 g/mol. The summed E-state index contributed by atoms with van der Waals surface area (Å²) in [6, 6.07) is 8.89. The van der Waals surface area contributed by atoms with E-state index in [1.54, 1.807) is 30.3 Å². The Morgan fingerprint density at radius 1 is 1.14 bits per heavy atom. The molecule has 0 saturated carbocycles. The van der Waals surface area contributed by atoms with Crippen molar-refractivity contribution in [2.45, 2.75) is 6.92 Å². The molecule has 1 heterocycles. The molecule has 29 heavy (non-hydrogen) atoms. The van der Waals surface area contributed by atoms with Crippen molar-refractivity contribution in [1.29, 1.82) is 0 Å². The third-order valence-corrected chi connectivity index (χ3v) is 5.79. The second-order valence-corrected chi connectivity index (χ2v) is 8.53. The molecule has 3 rings (SSSR count). The molecule has 2 aromatic rings. The summed E-state index contributed by atoms with van der Waals surface area (Å²) in [5.41, 5.74) is 1.64. The maximum absolute atomic E-state index is 11.8. The Hall–Kier alpha value is -1.93. The number of thiocarbonyl (C=S) groups is 1. The Morgan fingerprint density at radius 2 is 1.90 bits per heavy atom. The van der Waals surface area contributed by atoms with E-state index < -0.39 is 0 Å². The Balaban J connectivity index is 1.66. The average Bonchev–Trinajstić information content (AvgIpc) is 2.99. The molecule has 0 radical (unpaired) electrons. The quantitative estimate of drug-likeness (QED) is 0.339. The normalized spacial score (nSPS) is 14.8. The Labute approximate surface area is 188 Å². The van der Waals surface area contributed by atoms with Crippen molar-refractivity contribution in [3.8, 4) is 17.2 Å². The number of amides is 1. The predicted octanol–water partition coefficient (Wildman–Crippen LogP) is 5.26. The van der Waals surface area contributed by atoms with Crippen LogP contribution in [0.25, 0.3) is 6.08 Å². The molecular formula is C20H17Cl2NO4S2. The van der Waals surface area contributed by atoms with Crippen molar-refractivity contribution >= 4 is 63.5 Å². The van der Waals surface area contributed by atoms with Gasteiger partial charge in [-0.2, -0.15) is 0 Å². The van der Waals surface area contributed by atoms with Crippen molar-refractivity contribution < 1.29 is 19.0 Å². The molecule has 0 spiro atoms. The molecule has 2 aromatic carbocycles. The molecule has 1 fully saturated rings. The van der Waals surface area contributed by atoms with Gasteiger partial charge in [0.25, 0.3) is 5.91 Å². The van der Waals surface area contributed by atoms with Gasteiger partial charge in [0.2, 0.25) is 0 Å². The first kappa shape index (κ1) is 21.8. The smallest absolute Gasteiger partial charge is 0.263 e. The molecule has 0 aromatic heterocycles. The van der Waals surface area contributed by atoms with Crippen LogP contribution in [0.15, 0.2) is 35.2 Å². The first-order chi connectivity index (χ1) is 13.9. The van der Waals surface area contributed by atoms with Gasteiger partial charge in [0, 0.05) is 5.02 Å². The molecule has 0 bridgehead atoms. The lowest BCUT2D eigenvalue weighted by atomic mass is 10.2. The van der Waals surface area contributed by atoms with Gasteiger partial charge in [0.05, 0.1) is 17.0 Å². The van der Waals surface area contributed by atoms with Crippen LogP contribution in [0.5, 0.6) is 17.2 Å². The third kappa shape index (κ3) is 5.57. The van der Waals surface area contributed by atoms with E-state index in [4.69, 9.17) is 49.6 Å². The highest BCUT2D eigenvalue weighted by Gasteiger charge is 2.22. The summed E-state index contributed by atoms with van der Waals surface area (Å²) >= 11 is 18.6. The van der Waals surface area contributed by atoms with E-state index >= 15 is 0 Å². The molecule has 1 saturated heterocycles. The fraction of sp³-hybridized carbons (Fsp3) is 0.200. The van der Waals surface area contributed by atoms with E-state index in [0.717, 1.165) is 5.56 Å². The summed E-state index contributed by atoms with van der Waals surface area (Å²) in [5, 5.41) is 3.63. The lowest BCUT2D eigenvalue weighted by Crippen LogP contribution is -2.17. The number of thioether (sulfide) groups is 1. The molecule has 5 nitrogen and oxygen atoms in total. The largest absolute Gasteiger partial charge is 0.493 e. The number of nitrogens with one attached hydrogen (secondary N) is 1. The Morgan fingerprint density at radius 3 is 2.55 bits per heavy atom. The van der Waals surface area contributed by atoms with Gasteiger partial charge in [-0.15, -0.1) is 0 Å². The zero-order valence-corrected chi connectivity index (χ0v) is 18.7. The van der Waals surface area contributed by atoms with Crippen LogP contribution in [0.4, 0.5) is 0 Å². The van der Waals surface area contributed by atoms with Gasteiger partial charge in [0.1, 0.15) is 23.3 Å².